The summed E-state index contributed by atoms with van der Waals surface area (Å²) in [6.45, 7) is 1.04. The van der Waals surface area contributed by atoms with Crippen molar-refractivity contribution in [3.8, 4) is 0 Å². The molecule has 9 heteroatoms. The van der Waals surface area contributed by atoms with Gasteiger partial charge < -0.3 is 4.74 Å². The summed E-state index contributed by atoms with van der Waals surface area (Å²) >= 11 is 1.28. The van der Waals surface area contributed by atoms with Crippen molar-refractivity contribution >= 4 is 39.2 Å². The summed E-state index contributed by atoms with van der Waals surface area (Å²) in [6, 6.07) is 6.84. The maximum atomic E-state index is 12.3. The molecule has 0 spiro atoms. The number of thiazole rings is 1. The monoisotopic (exact) mass is 358 g/mol. The number of nitrogens with zero attached hydrogens (tertiary/aromatic N) is 3. The molecule has 1 amide bonds. The fraction of sp³-hybridized carbons (Fsp3) is 0.188. The molecule has 0 aliphatic carbocycles. The molecule has 1 N–H and O–H groups in total. The number of hydrogen-bond donors (Lipinski definition) is 1. The lowest BCUT2D eigenvalue weighted by Crippen LogP contribution is -2.28. The molecule has 0 atom stereocenters. The molecule has 2 aromatic heterocycles. The van der Waals surface area contributed by atoms with E-state index in [0.29, 0.717) is 16.0 Å². The number of hydrogen-bond acceptors (Lipinski definition) is 7. The van der Waals surface area contributed by atoms with Gasteiger partial charge in [-0.1, -0.05) is 12.1 Å². The first-order valence-electron chi connectivity index (χ1n) is 7.35. The van der Waals surface area contributed by atoms with E-state index < -0.39 is 18.5 Å². The zero-order valence-corrected chi connectivity index (χ0v) is 14.1. The molecule has 2 heterocycles. The van der Waals surface area contributed by atoms with Crippen LogP contribution in [0.5, 0.6) is 0 Å². The van der Waals surface area contributed by atoms with Gasteiger partial charge in [0.2, 0.25) is 0 Å². The number of rotatable bonds is 5. The van der Waals surface area contributed by atoms with E-state index in [1.165, 1.54) is 17.7 Å². The molecule has 3 rings (SSSR count). The smallest absolute Gasteiger partial charge is 0.326 e. The molecule has 1 aromatic carbocycles. The van der Waals surface area contributed by atoms with Crippen molar-refractivity contribution in [1.29, 1.82) is 0 Å². The lowest BCUT2D eigenvalue weighted by Gasteiger charge is -2.07. The van der Waals surface area contributed by atoms with E-state index in [1.807, 2.05) is 6.92 Å². The number of aryl methyl sites for hydroxylation is 1. The van der Waals surface area contributed by atoms with E-state index in [4.69, 9.17) is 4.74 Å². The van der Waals surface area contributed by atoms with Crippen LogP contribution >= 0.6 is 11.3 Å². The summed E-state index contributed by atoms with van der Waals surface area (Å²) in [5.41, 5.74) is 1.00. The molecule has 0 bridgehead atoms. The van der Waals surface area contributed by atoms with Crippen molar-refractivity contribution in [3.05, 3.63) is 52.0 Å². The SMILES string of the molecule is Cc1csc(NC(=O)COC(=O)Cn2cnc3ccccc3c2=O)n1. The first kappa shape index (κ1) is 16.8. The van der Waals surface area contributed by atoms with Crippen LogP contribution in [-0.2, 0) is 20.9 Å². The maximum absolute atomic E-state index is 12.3. The van der Waals surface area contributed by atoms with Crippen molar-refractivity contribution in [3.63, 3.8) is 0 Å². The number of carbonyl (C=O) groups is 2. The molecule has 0 unspecified atom stereocenters. The number of esters is 1. The Bertz CT molecular complexity index is 995. The summed E-state index contributed by atoms with van der Waals surface area (Å²) in [7, 11) is 0. The van der Waals surface area contributed by atoms with Crippen LogP contribution in [0.4, 0.5) is 5.13 Å². The lowest BCUT2D eigenvalue weighted by molar-refractivity contribution is -0.147. The van der Waals surface area contributed by atoms with E-state index in [2.05, 4.69) is 15.3 Å². The van der Waals surface area contributed by atoms with E-state index in [9.17, 15) is 14.4 Å². The summed E-state index contributed by atoms with van der Waals surface area (Å²) in [4.78, 5) is 44.0. The Kier molecular flexibility index (Phi) is 4.85. The molecule has 0 saturated heterocycles. The minimum absolute atomic E-state index is 0.319. The minimum atomic E-state index is -0.704. The van der Waals surface area contributed by atoms with Gasteiger partial charge in [0.25, 0.3) is 11.5 Å². The number of nitrogens with one attached hydrogen (secondary N) is 1. The van der Waals surface area contributed by atoms with Crippen molar-refractivity contribution in [1.82, 2.24) is 14.5 Å². The molecule has 3 aromatic rings. The van der Waals surface area contributed by atoms with Gasteiger partial charge >= 0.3 is 5.97 Å². The van der Waals surface area contributed by atoms with Gasteiger partial charge in [0.1, 0.15) is 6.54 Å². The first-order chi connectivity index (χ1) is 12.0. The zero-order valence-electron chi connectivity index (χ0n) is 13.3. The number of amides is 1. The zero-order chi connectivity index (χ0) is 17.8. The van der Waals surface area contributed by atoms with Crippen LogP contribution in [0.1, 0.15) is 5.69 Å². The summed E-state index contributed by atoms with van der Waals surface area (Å²) in [5.74, 6) is -1.20. The van der Waals surface area contributed by atoms with Gasteiger partial charge in [0.15, 0.2) is 11.7 Å². The Morgan fingerprint density at radius 3 is 2.88 bits per heavy atom. The van der Waals surface area contributed by atoms with Crippen LogP contribution in [0.3, 0.4) is 0 Å². The molecule has 0 aliphatic heterocycles. The second-order valence-corrected chi connectivity index (χ2v) is 6.06. The second kappa shape index (κ2) is 7.22. The Hall–Kier alpha value is -3.07. The fourth-order valence-corrected chi connectivity index (χ4v) is 2.82. The molecule has 0 radical (unpaired) electrons. The van der Waals surface area contributed by atoms with Gasteiger partial charge in [-0.25, -0.2) is 9.97 Å². The molecule has 25 heavy (non-hydrogen) atoms. The van der Waals surface area contributed by atoms with Gasteiger partial charge in [0, 0.05) is 5.38 Å². The van der Waals surface area contributed by atoms with Crippen molar-refractivity contribution in [2.75, 3.05) is 11.9 Å². The van der Waals surface area contributed by atoms with E-state index in [1.54, 1.807) is 29.6 Å². The summed E-state index contributed by atoms with van der Waals surface area (Å²) in [5, 5.41) is 5.17. The van der Waals surface area contributed by atoms with Gasteiger partial charge in [-0.3, -0.25) is 24.3 Å². The number of aromatic nitrogens is 3. The van der Waals surface area contributed by atoms with Crippen molar-refractivity contribution in [2.24, 2.45) is 0 Å². The van der Waals surface area contributed by atoms with E-state index in [0.717, 1.165) is 10.3 Å². The molecule has 0 fully saturated rings. The van der Waals surface area contributed by atoms with Gasteiger partial charge in [0.05, 0.1) is 22.9 Å². The molecular formula is C16H14N4O4S. The third-order valence-electron chi connectivity index (χ3n) is 3.26. The highest BCUT2D eigenvalue weighted by molar-refractivity contribution is 7.13. The first-order valence-corrected chi connectivity index (χ1v) is 8.22. The number of ether oxygens (including phenoxy) is 1. The van der Waals surface area contributed by atoms with E-state index >= 15 is 0 Å². The second-order valence-electron chi connectivity index (χ2n) is 5.20. The molecule has 128 valence electrons. The Morgan fingerprint density at radius 1 is 1.32 bits per heavy atom. The van der Waals surface area contributed by atoms with Gasteiger partial charge in [-0.2, -0.15) is 0 Å². The lowest BCUT2D eigenvalue weighted by atomic mass is 10.2. The number of benzene rings is 1. The number of carbonyl (C=O) groups excluding carboxylic acids is 2. The molecule has 8 nitrogen and oxygen atoms in total. The topological polar surface area (TPSA) is 103 Å². The van der Waals surface area contributed by atoms with Crippen LogP contribution in [0, 0.1) is 6.92 Å². The maximum Gasteiger partial charge on any atom is 0.326 e. The molecule has 0 aliphatic rings. The fourth-order valence-electron chi connectivity index (χ4n) is 2.12. The van der Waals surface area contributed by atoms with Crippen LogP contribution < -0.4 is 10.9 Å². The van der Waals surface area contributed by atoms with Crippen LogP contribution in [0.2, 0.25) is 0 Å². The number of anilines is 1. The highest BCUT2D eigenvalue weighted by atomic mass is 32.1. The highest BCUT2D eigenvalue weighted by Gasteiger charge is 2.12. The van der Waals surface area contributed by atoms with Crippen molar-refractivity contribution in [2.45, 2.75) is 13.5 Å². The van der Waals surface area contributed by atoms with Crippen LogP contribution in [-0.4, -0.2) is 33.0 Å². The average Bonchev–Trinajstić information content (AvgIpc) is 3.00. The standard InChI is InChI=1S/C16H14N4O4S/c1-10-8-25-16(18-10)19-13(21)7-24-14(22)6-20-9-17-12-5-3-2-4-11(12)15(20)23/h2-5,8-9H,6-7H2,1H3,(H,18,19,21). The quantitative estimate of drug-likeness (QED) is 0.691. The Morgan fingerprint density at radius 2 is 2.12 bits per heavy atom. The third kappa shape index (κ3) is 4.07. The summed E-state index contributed by atoms with van der Waals surface area (Å²) < 4.78 is 6.04. The molecule has 0 saturated carbocycles. The largest absolute Gasteiger partial charge is 0.454 e. The highest BCUT2D eigenvalue weighted by Crippen LogP contribution is 2.13. The summed E-state index contributed by atoms with van der Waals surface area (Å²) in [6.07, 6.45) is 1.28. The average molecular weight is 358 g/mol. The normalized spacial score (nSPS) is 10.6. The predicted octanol–water partition coefficient (Wildman–Crippen LogP) is 1.34. The van der Waals surface area contributed by atoms with Crippen LogP contribution in [0.15, 0.2) is 40.8 Å². The Balaban J connectivity index is 1.58. The van der Waals surface area contributed by atoms with Gasteiger partial charge in [-0.15, -0.1) is 11.3 Å². The number of para-hydroxylation sites is 1. The molecular weight excluding hydrogens is 344 g/mol. The van der Waals surface area contributed by atoms with Gasteiger partial charge in [-0.05, 0) is 19.1 Å². The third-order valence-corrected chi connectivity index (χ3v) is 4.14. The Labute approximate surface area is 146 Å². The number of fused-ring (bicyclic) bond motifs is 1. The minimum Gasteiger partial charge on any atom is -0.454 e. The van der Waals surface area contributed by atoms with Crippen LogP contribution in [0.25, 0.3) is 10.9 Å². The van der Waals surface area contributed by atoms with Crippen molar-refractivity contribution < 1.29 is 14.3 Å². The van der Waals surface area contributed by atoms with E-state index in [-0.39, 0.29) is 12.1 Å². The predicted molar refractivity (Wildman–Crippen MR) is 92.4 cm³/mol.